The van der Waals surface area contributed by atoms with E-state index in [4.69, 9.17) is 34.7 Å². The molecule has 13 heteroatoms. The van der Waals surface area contributed by atoms with E-state index in [-0.39, 0.29) is 41.2 Å². The summed E-state index contributed by atoms with van der Waals surface area (Å²) in [4.78, 5) is 15.7. The predicted molar refractivity (Wildman–Crippen MR) is 340 cm³/mol. The molecule has 0 unspecified atom stereocenters. The molecule has 436 valence electrons. The molecule has 0 aromatic heterocycles. The Balaban J connectivity index is 0.000000367. The third-order valence-corrected chi connectivity index (χ3v) is 14.1. The van der Waals surface area contributed by atoms with Gasteiger partial charge in [-0.25, -0.2) is 0 Å². The first kappa shape index (κ1) is 68.7. The van der Waals surface area contributed by atoms with E-state index in [0.717, 1.165) is 77.4 Å². The zero-order valence-electron chi connectivity index (χ0n) is 50.2. The fourth-order valence-electron chi connectivity index (χ4n) is 8.93. The lowest BCUT2D eigenvalue weighted by Gasteiger charge is -2.25. The second-order valence-electron chi connectivity index (χ2n) is 20.8. The number of carbonyl (C=O) groups is 1. The number of nitriles is 6. The molecule has 0 radical (unpaired) electrons. The van der Waals surface area contributed by atoms with Crippen LogP contribution in [0.4, 0.5) is 11.4 Å². The van der Waals surface area contributed by atoms with Gasteiger partial charge < -0.3 is 28.7 Å². The highest BCUT2D eigenvalue weighted by molar-refractivity contribution is 5.78. The van der Waals surface area contributed by atoms with Crippen LogP contribution in [0.3, 0.4) is 0 Å². The number of anilines is 2. The van der Waals surface area contributed by atoms with Gasteiger partial charge in [0.05, 0.1) is 19.8 Å². The van der Waals surface area contributed by atoms with Gasteiger partial charge in [0, 0.05) is 71.9 Å². The Bertz CT molecular complexity index is 3320. The molecule has 0 spiro atoms. The number of rotatable bonds is 23. The molecular weight excluding hydrogens is 1040 g/mol. The Kier molecular flexibility index (Phi) is 28.4. The van der Waals surface area contributed by atoms with Crippen LogP contribution in [0.1, 0.15) is 159 Å². The zero-order valence-corrected chi connectivity index (χ0v) is 50.2. The maximum absolute atomic E-state index is 10.8. The molecule has 0 saturated heterocycles. The van der Waals surface area contributed by atoms with Gasteiger partial charge >= 0.3 is 0 Å². The molecule has 0 amide bonds. The van der Waals surface area contributed by atoms with E-state index in [0.29, 0.717) is 11.1 Å². The predicted octanol–water partition coefficient (Wildman–Crippen LogP) is 16.9. The lowest BCUT2D eigenvalue weighted by molar-refractivity contribution is 0.0927. The number of benzene rings is 4. The number of methoxy groups -OCH3 is 2. The van der Waals surface area contributed by atoms with Crippen molar-refractivity contribution in [1.29, 1.82) is 31.6 Å². The number of carbonyl (C=O) groups excluding carboxylic acids is 1. The number of aldehydes is 1. The molecule has 2 heterocycles. The van der Waals surface area contributed by atoms with E-state index in [1.165, 1.54) is 62.7 Å². The minimum absolute atomic E-state index is 0. The smallest absolute Gasteiger partial charge is 0.172 e. The van der Waals surface area contributed by atoms with Crippen molar-refractivity contribution in [3.8, 4) is 47.9 Å². The molecule has 0 bridgehead atoms. The summed E-state index contributed by atoms with van der Waals surface area (Å²) in [5.41, 5.74) is 8.26. The minimum atomic E-state index is -0.837. The van der Waals surface area contributed by atoms with E-state index >= 15 is 0 Å². The minimum Gasteiger partial charge on any atom is -0.496 e. The Morgan fingerprint density at radius 3 is 1.18 bits per heavy atom. The first-order chi connectivity index (χ1) is 40.0. The Hall–Kier alpha value is -9.53. The third-order valence-electron chi connectivity index (χ3n) is 14.1. The second kappa shape index (κ2) is 34.7. The van der Waals surface area contributed by atoms with Crippen LogP contribution in [-0.2, 0) is 9.47 Å². The van der Waals surface area contributed by atoms with Crippen molar-refractivity contribution in [2.24, 2.45) is 0 Å². The highest BCUT2D eigenvalue weighted by Crippen LogP contribution is 2.41. The Labute approximate surface area is 500 Å². The molecule has 2 aliphatic heterocycles. The van der Waals surface area contributed by atoms with Crippen LogP contribution in [-0.4, -0.2) is 57.9 Å². The fraction of sp³-hybridized carbons (Fsp3) is 0.366. The summed E-state index contributed by atoms with van der Waals surface area (Å²) in [6, 6.07) is 39.6. The van der Waals surface area contributed by atoms with Gasteiger partial charge in [-0.05, 0) is 107 Å². The number of allylic oxidation sites excluding steroid dienone is 4. The monoisotopic (exact) mass is 1130 g/mol. The number of unbranched alkanes of at least 4 members (excludes halogenated alkanes) is 4. The van der Waals surface area contributed by atoms with Crippen LogP contribution in [0.2, 0.25) is 0 Å². The van der Waals surface area contributed by atoms with Crippen molar-refractivity contribution in [2.75, 3.05) is 50.2 Å². The molecule has 0 fully saturated rings. The first-order valence-corrected chi connectivity index (χ1v) is 28.3. The average molecular weight is 1130 g/mol. The van der Waals surface area contributed by atoms with Crippen LogP contribution < -0.4 is 19.3 Å². The standard InChI is InChI=1S/C35H38N4O2.C24H31NO2.C11H9N3O.CH4/c1-6-8-20-39(21-9-7-2)30-18-17-28(33(22-30)40-5)16-14-26-10-12-27(13-11-26)15-19-32-31(25-38)34(29(23-36)24-37)41-35(32,3)4;1-4-6-16-25(17-7-5-2)23-15-14-22(24(18-23)27-3)13-12-20-8-10-21(19-26)11-9-20;1-7-9(6-14)10(8(4-12)5-13)15-11(7,2)3;/h10-19,22H,6-9,20-21H2,1-5H3;8-15,18-19H,4-7,16-17H2,1-3H3;1-3H3;1H4/b16-14+,19-15+;13-12+;;. The molecule has 4 aromatic carbocycles. The van der Waals surface area contributed by atoms with Crippen LogP contribution >= 0.6 is 0 Å². The number of hydrogen-bond acceptors (Lipinski definition) is 13. The number of nitrogens with zero attached hydrogens (tertiary/aromatic N) is 8. The van der Waals surface area contributed by atoms with Gasteiger partial charge in [0.25, 0.3) is 0 Å². The highest BCUT2D eigenvalue weighted by Gasteiger charge is 2.39. The summed E-state index contributed by atoms with van der Waals surface area (Å²) >= 11 is 0. The summed E-state index contributed by atoms with van der Waals surface area (Å²) in [7, 11) is 3.43. The summed E-state index contributed by atoms with van der Waals surface area (Å²) < 4.78 is 22.7. The van der Waals surface area contributed by atoms with Gasteiger partial charge in [0.1, 0.15) is 71.0 Å². The van der Waals surface area contributed by atoms with E-state index in [1.54, 1.807) is 47.1 Å². The van der Waals surface area contributed by atoms with E-state index in [9.17, 15) is 20.6 Å². The quantitative estimate of drug-likeness (QED) is 0.0386. The summed E-state index contributed by atoms with van der Waals surface area (Å²) in [6.07, 6.45) is 22.3. The van der Waals surface area contributed by atoms with Crippen molar-refractivity contribution in [3.63, 3.8) is 0 Å². The Morgan fingerprint density at radius 1 is 0.500 bits per heavy atom. The first-order valence-electron chi connectivity index (χ1n) is 28.3. The molecule has 0 N–H and O–H groups in total. The van der Waals surface area contributed by atoms with Crippen LogP contribution in [0.25, 0.3) is 30.4 Å². The summed E-state index contributed by atoms with van der Waals surface area (Å²) in [6.45, 7) is 22.1. The van der Waals surface area contributed by atoms with Gasteiger partial charge in [-0.15, -0.1) is 0 Å². The molecule has 84 heavy (non-hydrogen) atoms. The average Bonchev–Trinajstić information content (AvgIpc) is 4.11. The molecule has 13 nitrogen and oxygen atoms in total. The van der Waals surface area contributed by atoms with Gasteiger partial charge in [-0.2, -0.15) is 31.6 Å². The Morgan fingerprint density at radius 2 is 0.845 bits per heavy atom. The number of hydrogen-bond donors (Lipinski definition) is 0. The fourth-order valence-corrected chi connectivity index (χ4v) is 8.93. The number of ether oxygens (including phenoxy) is 4. The van der Waals surface area contributed by atoms with Gasteiger partial charge in [0.15, 0.2) is 22.7 Å². The maximum atomic E-state index is 10.8. The van der Waals surface area contributed by atoms with Gasteiger partial charge in [-0.3, -0.25) is 4.79 Å². The van der Waals surface area contributed by atoms with Crippen molar-refractivity contribution < 1.29 is 23.7 Å². The largest absolute Gasteiger partial charge is 0.496 e. The SMILES string of the molecule is C.CC1=C(C#N)C(=C(C#N)C#N)OC1(C)C.CCCCN(CCCC)c1ccc(/C=C/c2ccc(/C=C/C3=C(C#N)C(=C(C#N)C#N)OC3(C)C)cc2)c(OC)c1.CCCCN(CCCC)c1ccc(/C=C/c2ccc(C=O)cc2)c(OC)c1. The molecule has 6 rings (SSSR count). The van der Waals surface area contributed by atoms with E-state index in [1.807, 2.05) is 98.8 Å². The summed E-state index contributed by atoms with van der Waals surface area (Å²) in [5, 5.41) is 54.6. The third kappa shape index (κ3) is 19.0. The molecule has 0 atom stereocenters. The highest BCUT2D eigenvalue weighted by atomic mass is 16.5. The molecule has 2 aliphatic rings. The van der Waals surface area contributed by atoms with Crippen molar-refractivity contribution in [3.05, 3.63) is 169 Å². The maximum Gasteiger partial charge on any atom is 0.172 e. The van der Waals surface area contributed by atoms with Crippen molar-refractivity contribution >= 4 is 48.0 Å². The lowest BCUT2D eigenvalue weighted by atomic mass is 9.94. The van der Waals surface area contributed by atoms with Crippen LogP contribution in [0.5, 0.6) is 11.5 Å². The molecule has 0 saturated carbocycles. The zero-order chi connectivity index (χ0) is 61.0. The molecular formula is C71H82N8O5. The van der Waals surface area contributed by atoms with Crippen molar-refractivity contribution in [1.82, 2.24) is 0 Å². The lowest BCUT2D eigenvalue weighted by Crippen LogP contribution is -2.25. The van der Waals surface area contributed by atoms with Crippen LogP contribution in [0.15, 0.2) is 136 Å². The topological polar surface area (TPSA) is 203 Å². The van der Waals surface area contributed by atoms with Crippen molar-refractivity contribution in [2.45, 2.75) is 132 Å². The molecule has 4 aromatic rings. The second-order valence-corrected chi connectivity index (χ2v) is 20.8. The van der Waals surface area contributed by atoms with Crippen LogP contribution in [0, 0.1) is 68.0 Å². The summed E-state index contributed by atoms with van der Waals surface area (Å²) in [5.74, 6) is 1.88. The van der Waals surface area contributed by atoms with Gasteiger partial charge in [0.2, 0.25) is 0 Å². The van der Waals surface area contributed by atoms with E-state index in [2.05, 4.69) is 98.2 Å². The molecule has 0 aliphatic carbocycles. The normalized spacial score (nSPS) is 13.5. The van der Waals surface area contributed by atoms with Gasteiger partial charge in [-0.1, -0.05) is 146 Å². The van der Waals surface area contributed by atoms with E-state index < -0.39 is 11.2 Å².